The fourth-order valence-corrected chi connectivity index (χ4v) is 2.67. The summed E-state index contributed by atoms with van der Waals surface area (Å²) in [5.74, 6) is 0.204. The Morgan fingerprint density at radius 2 is 2.44 bits per heavy atom. The third-order valence-corrected chi connectivity index (χ3v) is 3.73. The molecule has 0 N–H and O–H groups in total. The minimum Gasteiger partial charge on any atom is -0.377 e. The zero-order valence-electron chi connectivity index (χ0n) is 9.73. The van der Waals surface area contributed by atoms with Gasteiger partial charge in [-0.05, 0) is 25.3 Å². The molecule has 1 fully saturated rings. The van der Waals surface area contributed by atoms with Crippen molar-refractivity contribution in [2.45, 2.75) is 25.8 Å². The van der Waals surface area contributed by atoms with Crippen LogP contribution in [0.3, 0.4) is 0 Å². The Hall–Kier alpha value is -0.870. The highest BCUT2D eigenvalue weighted by molar-refractivity contribution is 7.10. The second-order valence-corrected chi connectivity index (χ2v) is 5.70. The van der Waals surface area contributed by atoms with Gasteiger partial charge < -0.3 is 9.64 Å². The molecule has 0 unspecified atom stereocenters. The van der Waals surface area contributed by atoms with Crippen LogP contribution in [0.25, 0.3) is 0 Å². The quantitative estimate of drug-likeness (QED) is 0.789. The van der Waals surface area contributed by atoms with Crippen LogP contribution < -0.4 is 0 Å². The normalized spacial score (nSPS) is 19.8. The first-order valence-corrected chi connectivity index (χ1v) is 6.38. The van der Waals surface area contributed by atoms with Crippen LogP contribution in [-0.2, 0) is 16.0 Å². The zero-order valence-corrected chi connectivity index (χ0v) is 10.5. The largest absolute Gasteiger partial charge is 0.377 e. The number of morpholine rings is 1. The van der Waals surface area contributed by atoms with Crippen LogP contribution in [0.5, 0.6) is 0 Å². The second-order valence-electron chi connectivity index (χ2n) is 4.67. The number of amides is 1. The lowest BCUT2D eigenvalue weighted by molar-refractivity contribution is -0.145. The molecule has 1 amide bonds. The molecule has 1 aromatic heterocycles. The van der Waals surface area contributed by atoms with Crippen molar-refractivity contribution >= 4 is 17.2 Å². The van der Waals surface area contributed by atoms with Gasteiger partial charge in [0.15, 0.2) is 0 Å². The average molecular weight is 239 g/mol. The number of carbonyl (C=O) groups excluding carboxylic acids is 1. The van der Waals surface area contributed by atoms with Gasteiger partial charge in [0.05, 0.1) is 25.2 Å². The van der Waals surface area contributed by atoms with E-state index in [1.165, 1.54) is 0 Å². The fourth-order valence-electron chi connectivity index (χ4n) is 1.98. The Bertz CT molecular complexity index is 359. The van der Waals surface area contributed by atoms with Gasteiger partial charge in [0.1, 0.15) is 0 Å². The molecule has 2 rings (SSSR count). The third-order valence-electron chi connectivity index (χ3n) is 2.85. The van der Waals surface area contributed by atoms with E-state index >= 15 is 0 Å². The summed E-state index contributed by atoms with van der Waals surface area (Å²) in [6.45, 7) is 6.09. The molecule has 0 atom stereocenters. The van der Waals surface area contributed by atoms with E-state index in [0.29, 0.717) is 26.2 Å². The standard InChI is InChI=1S/C12H17NO2S/c1-12(2)9-15-6-5-13(12)11(14)8-10-4-3-7-16-10/h3-4,7H,5-6,8-9H2,1-2H3. The molecule has 2 heterocycles. The number of hydrogen-bond acceptors (Lipinski definition) is 3. The molecule has 0 aliphatic carbocycles. The van der Waals surface area contributed by atoms with Crippen LogP contribution in [0, 0.1) is 0 Å². The molecule has 1 aliphatic rings. The smallest absolute Gasteiger partial charge is 0.228 e. The Kier molecular flexibility index (Phi) is 3.30. The van der Waals surface area contributed by atoms with Crippen LogP contribution >= 0.6 is 11.3 Å². The number of rotatable bonds is 2. The van der Waals surface area contributed by atoms with Gasteiger partial charge in [-0.25, -0.2) is 0 Å². The molecule has 0 bridgehead atoms. The maximum Gasteiger partial charge on any atom is 0.228 e. The van der Waals surface area contributed by atoms with Crippen LogP contribution in [0.1, 0.15) is 18.7 Å². The molecular weight excluding hydrogens is 222 g/mol. The molecule has 0 spiro atoms. The molecule has 16 heavy (non-hydrogen) atoms. The van der Waals surface area contributed by atoms with Crippen molar-refractivity contribution in [1.29, 1.82) is 0 Å². The molecule has 0 saturated carbocycles. The number of hydrogen-bond donors (Lipinski definition) is 0. The second kappa shape index (κ2) is 4.55. The average Bonchev–Trinajstić information content (AvgIpc) is 2.69. The Labute approximate surface area is 100 Å². The van der Waals surface area contributed by atoms with Gasteiger partial charge in [0.2, 0.25) is 5.91 Å². The van der Waals surface area contributed by atoms with Gasteiger partial charge in [0.25, 0.3) is 0 Å². The lowest BCUT2D eigenvalue weighted by atomic mass is 10.0. The highest BCUT2D eigenvalue weighted by Gasteiger charge is 2.33. The first-order valence-electron chi connectivity index (χ1n) is 5.50. The summed E-state index contributed by atoms with van der Waals surface area (Å²) in [5.41, 5.74) is -0.174. The fraction of sp³-hybridized carbons (Fsp3) is 0.583. The van der Waals surface area contributed by atoms with Crippen molar-refractivity contribution in [2.75, 3.05) is 19.8 Å². The van der Waals surface area contributed by atoms with E-state index in [1.54, 1.807) is 11.3 Å². The first kappa shape index (κ1) is 11.6. The third kappa shape index (κ3) is 2.44. The van der Waals surface area contributed by atoms with Gasteiger partial charge in [-0.15, -0.1) is 11.3 Å². The van der Waals surface area contributed by atoms with Crippen LogP contribution in [0.15, 0.2) is 17.5 Å². The van der Waals surface area contributed by atoms with Crippen molar-refractivity contribution in [3.8, 4) is 0 Å². The minimum absolute atomic E-state index is 0.174. The summed E-state index contributed by atoms with van der Waals surface area (Å²) >= 11 is 1.64. The maximum atomic E-state index is 12.2. The predicted octanol–water partition coefficient (Wildman–Crippen LogP) is 1.93. The van der Waals surface area contributed by atoms with E-state index in [4.69, 9.17) is 4.74 Å². The number of nitrogens with zero attached hydrogens (tertiary/aromatic N) is 1. The summed E-state index contributed by atoms with van der Waals surface area (Å²) in [7, 11) is 0. The van der Waals surface area contributed by atoms with Crippen molar-refractivity contribution in [2.24, 2.45) is 0 Å². The Morgan fingerprint density at radius 1 is 1.62 bits per heavy atom. The van der Waals surface area contributed by atoms with E-state index in [1.807, 2.05) is 22.4 Å². The highest BCUT2D eigenvalue weighted by atomic mass is 32.1. The van der Waals surface area contributed by atoms with Gasteiger partial charge in [-0.3, -0.25) is 4.79 Å². The van der Waals surface area contributed by atoms with Crippen molar-refractivity contribution < 1.29 is 9.53 Å². The van der Waals surface area contributed by atoms with Gasteiger partial charge in [-0.1, -0.05) is 6.07 Å². The van der Waals surface area contributed by atoms with Gasteiger partial charge in [0, 0.05) is 11.4 Å². The summed E-state index contributed by atoms with van der Waals surface area (Å²) in [6, 6.07) is 3.99. The van der Waals surface area contributed by atoms with E-state index < -0.39 is 0 Å². The van der Waals surface area contributed by atoms with Crippen molar-refractivity contribution in [3.05, 3.63) is 22.4 Å². The maximum absolute atomic E-state index is 12.2. The molecule has 4 heteroatoms. The monoisotopic (exact) mass is 239 g/mol. The van der Waals surface area contributed by atoms with Crippen LogP contribution in [0.4, 0.5) is 0 Å². The topological polar surface area (TPSA) is 29.5 Å². The van der Waals surface area contributed by atoms with Crippen molar-refractivity contribution in [3.63, 3.8) is 0 Å². The zero-order chi connectivity index (χ0) is 11.6. The SMILES string of the molecule is CC1(C)COCCN1C(=O)Cc1cccs1. The molecule has 88 valence electrons. The van der Waals surface area contributed by atoms with E-state index in [-0.39, 0.29) is 11.4 Å². The number of carbonyl (C=O) groups is 1. The van der Waals surface area contributed by atoms with Gasteiger partial charge in [-0.2, -0.15) is 0 Å². The highest BCUT2D eigenvalue weighted by Crippen LogP contribution is 2.21. The molecular formula is C12H17NO2S. The summed E-state index contributed by atoms with van der Waals surface area (Å²) < 4.78 is 5.41. The van der Waals surface area contributed by atoms with Gasteiger partial charge >= 0.3 is 0 Å². The molecule has 1 aromatic rings. The number of ether oxygens (including phenoxy) is 1. The minimum atomic E-state index is -0.174. The van der Waals surface area contributed by atoms with Crippen LogP contribution in [0.2, 0.25) is 0 Å². The summed E-state index contributed by atoms with van der Waals surface area (Å²) in [5, 5.41) is 2.01. The molecule has 0 aromatic carbocycles. The summed E-state index contributed by atoms with van der Waals surface area (Å²) in [4.78, 5) is 15.2. The predicted molar refractivity (Wildman–Crippen MR) is 64.6 cm³/mol. The van der Waals surface area contributed by atoms with E-state index in [0.717, 1.165) is 4.88 Å². The van der Waals surface area contributed by atoms with Crippen LogP contribution in [-0.4, -0.2) is 36.1 Å². The molecule has 3 nitrogen and oxygen atoms in total. The Balaban J connectivity index is 2.03. The van der Waals surface area contributed by atoms with E-state index in [2.05, 4.69) is 13.8 Å². The van der Waals surface area contributed by atoms with E-state index in [9.17, 15) is 4.79 Å². The lowest BCUT2D eigenvalue weighted by Gasteiger charge is -2.42. The lowest BCUT2D eigenvalue weighted by Crippen LogP contribution is -2.55. The summed E-state index contributed by atoms with van der Waals surface area (Å²) in [6.07, 6.45) is 0.515. The molecule has 1 saturated heterocycles. The number of thiophene rings is 1. The molecule has 0 radical (unpaired) electrons. The first-order chi connectivity index (χ1) is 7.59. The Morgan fingerprint density at radius 3 is 3.06 bits per heavy atom. The molecule has 1 aliphatic heterocycles. The van der Waals surface area contributed by atoms with Crippen molar-refractivity contribution in [1.82, 2.24) is 4.90 Å².